The van der Waals surface area contributed by atoms with Gasteiger partial charge in [0.15, 0.2) is 0 Å². The lowest BCUT2D eigenvalue weighted by molar-refractivity contribution is 0.128. The summed E-state index contributed by atoms with van der Waals surface area (Å²) in [4.78, 5) is 5.07. The molecule has 116 valence electrons. The van der Waals surface area contributed by atoms with Gasteiger partial charge in [-0.25, -0.2) is 0 Å². The van der Waals surface area contributed by atoms with Crippen molar-refractivity contribution in [2.75, 3.05) is 32.7 Å². The van der Waals surface area contributed by atoms with Crippen molar-refractivity contribution in [3.63, 3.8) is 0 Å². The van der Waals surface area contributed by atoms with E-state index in [1.807, 2.05) is 12.1 Å². The maximum Gasteiger partial charge on any atom is 0.115 e. The Morgan fingerprint density at radius 2 is 1.36 bits per heavy atom. The minimum absolute atomic E-state index is 0.346. The quantitative estimate of drug-likeness (QED) is 0.919. The molecule has 0 aromatic heterocycles. The van der Waals surface area contributed by atoms with Crippen LogP contribution in [0, 0.1) is 0 Å². The lowest BCUT2D eigenvalue weighted by Gasteiger charge is -2.34. The van der Waals surface area contributed by atoms with Gasteiger partial charge in [-0.3, -0.25) is 4.90 Å². The maximum absolute atomic E-state index is 9.31. The molecular weight excluding hydrogens is 272 g/mol. The highest BCUT2D eigenvalue weighted by atomic mass is 16.3. The van der Waals surface area contributed by atoms with E-state index in [2.05, 4.69) is 40.1 Å². The van der Waals surface area contributed by atoms with Crippen LogP contribution in [0.2, 0.25) is 0 Å². The fraction of sp³-hybridized carbons (Fsp3) is 0.368. The molecule has 2 aromatic carbocycles. The average Bonchev–Trinajstić information content (AvgIpc) is 2.57. The largest absolute Gasteiger partial charge is 0.508 e. The molecule has 0 spiro atoms. The van der Waals surface area contributed by atoms with Crippen molar-refractivity contribution < 1.29 is 5.11 Å². The van der Waals surface area contributed by atoms with E-state index >= 15 is 0 Å². The molecule has 3 rings (SSSR count). The zero-order chi connectivity index (χ0) is 15.2. The second kappa shape index (κ2) is 7.43. The average molecular weight is 296 g/mol. The van der Waals surface area contributed by atoms with Crippen molar-refractivity contribution in [2.45, 2.75) is 13.0 Å². The number of aromatic hydroxyl groups is 1. The van der Waals surface area contributed by atoms with Crippen LogP contribution in [0.3, 0.4) is 0 Å². The van der Waals surface area contributed by atoms with E-state index in [0.29, 0.717) is 5.75 Å². The van der Waals surface area contributed by atoms with Crippen molar-refractivity contribution in [1.82, 2.24) is 9.80 Å². The van der Waals surface area contributed by atoms with Gasteiger partial charge in [0, 0.05) is 39.3 Å². The van der Waals surface area contributed by atoms with Crippen LogP contribution in [0.1, 0.15) is 11.1 Å². The van der Waals surface area contributed by atoms with Gasteiger partial charge in [-0.2, -0.15) is 0 Å². The highest BCUT2D eigenvalue weighted by Crippen LogP contribution is 2.12. The summed E-state index contributed by atoms with van der Waals surface area (Å²) in [5.74, 6) is 0.346. The molecule has 1 aliphatic heterocycles. The number of hydrogen-bond acceptors (Lipinski definition) is 3. The molecular formula is C19H24N2O. The molecule has 1 fully saturated rings. The van der Waals surface area contributed by atoms with E-state index < -0.39 is 0 Å². The Hall–Kier alpha value is -1.84. The van der Waals surface area contributed by atoms with Gasteiger partial charge >= 0.3 is 0 Å². The number of nitrogens with zero attached hydrogens (tertiary/aromatic N) is 2. The molecule has 22 heavy (non-hydrogen) atoms. The van der Waals surface area contributed by atoms with Crippen LogP contribution in [-0.4, -0.2) is 47.6 Å². The second-order valence-electron chi connectivity index (χ2n) is 6.02. The van der Waals surface area contributed by atoms with Crippen LogP contribution in [0.4, 0.5) is 0 Å². The highest BCUT2D eigenvalue weighted by Gasteiger charge is 2.16. The molecule has 3 nitrogen and oxygen atoms in total. The first-order valence-corrected chi connectivity index (χ1v) is 8.06. The van der Waals surface area contributed by atoms with Gasteiger partial charge in [0.05, 0.1) is 0 Å². The van der Waals surface area contributed by atoms with Crippen molar-refractivity contribution in [2.24, 2.45) is 0 Å². The van der Waals surface area contributed by atoms with Crippen molar-refractivity contribution in [3.8, 4) is 5.75 Å². The molecule has 0 saturated carbocycles. The van der Waals surface area contributed by atoms with Crippen molar-refractivity contribution in [3.05, 3.63) is 65.7 Å². The van der Waals surface area contributed by atoms with Gasteiger partial charge in [0.25, 0.3) is 0 Å². The first-order valence-electron chi connectivity index (χ1n) is 8.06. The fourth-order valence-corrected chi connectivity index (χ4v) is 2.96. The third-order valence-electron chi connectivity index (χ3n) is 4.37. The predicted octanol–water partition coefficient (Wildman–Crippen LogP) is 2.75. The summed E-state index contributed by atoms with van der Waals surface area (Å²) >= 11 is 0. The number of phenols is 1. The lowest BCUT2D eigenvalue weighted by Crippen LogP contribution is -2.46. The fourth-order valence-electron chi connectivity index (χ4n) is 2.96. The summed E-state index contributed by atoms with van der Waals surface area (Å²) < 4.78 is 0. The van der Waals surface area contributed by atoms with E-state index in [1.54, 1.807) is 12.1 Å². The van der Waals surface area contributed by atoms with Crippen LogP contribution in [0.5, 0.6) is 5.75 Å². The first-order chi connectivity index (χ1) is 10.8. The molecule has 0 radical (unpaired) electrons. The molecule has 1 N–H and O–H groups in total. The zero-order valence-electron chi connectivity index (χ0n) is 13.0. The molecule has 3 heteroatoms. The topological polar surface area (TPSA) is 26.7 Å². The van der Waals surface area contributed by atoms with Crippen molar-refractivity contribution >= 4 is 0 Å². The maximum atomic E-state index is 9.31. The Kier molecular flexibility index (Phi) is 5.09. The second-order valence-corrected chi connectivity index (χ2v) is 6.02. The smallest absolute Gasteiger partial charge is 0.115 e. The molecule has 0 bridgehead atoms. The summed E-state index contributed by atoms with van der Waals surface area (Å²) in [5.41, 5.74) is 2.70. The summed E-state index contributed by atoms with van der Waals surface area (Å²) in [6, 6.07) is 18.3. The Labute approximate surface area is 132 Å². The highest BCUT2D eigenvalue weighted by molar-refractivity contribution is 5.26. The van der Waals surface area contributed by atoms with Gasteiger partial charge < -0.3 is 10.0 Å². The molecule has 0 aliphatic carbocycles. The standard InChI is InChI=1S/C19H24N2O/c22-19-8-6-17(7-9-19)10-11-20-12-14-21(15-13-20)16-18-4-2-1-3-5-18/h1-9,22H,10-16H2. The van der Waals surface area contributed by atoms with Gasteiger partial charge in [-0.05, 0) is 29.7 Å². The van der Waals surface area contributed by atoms with Gasteiger partial charge in [-0.1, -0.05) is 42.5 Å². The van der Waals surface area contributed by atoms with Crippen LogP contribution < -0.4 is 0 Å². The summed E-state index contributed by atoms with van der Waals surface area (Å²) in [7, 11) is 0. The molecule has 1 saturated heterocycles. The van der Waals surface area contributed by atoms with Crippen molar-refractivity contribution in [1.29, 1.82) is 0 Å². The summed E-state index contributed by atoms with van der Waals surface area (Å²) in [6.45, 7) is 6.74. The van der Waals surface area contributed by atoms with Crippen LogP contribution in [-0.2, 0) is 13.0 Å². The minimum atomic E-state index is 0.346. The van der Waals surface area contributed by atoms with E-state index in [4.69, 9.17) is 0 Å². The Balaban J connectivity index is 1.41. The van der Waals surface area contributed by atoms with Crippen LogP contribution in [0.25, 0.3) is 0 Å². The zero-order valence-corrected chi connectivity index (χ0v) is 13.0. The summed E-state index contributed by atoms with van der Waals surface area (Å²) in [6.07, 6.45) is 1.05. The molecule has 0 amide bonds. The Morgan fingerprint density at radius 3 is 2.05 bits per heavy atom. The van der Waals surface area contributed by atoms with E-state index in [9.17, 15) is 5.11 Å². The minimum Gasteiger partial charge on any atom is -0.508 e. The summed E-state index contributed by atoms with van der Waals surface area (Å²) in [5, 5.41) is 9.31. The van der Waals surface area contributed by atoms with Crippen LogP contribution >= 0.6 is 0 Å². The third-order valence-corrected chi connectivity index (χ3v) is 4.37. The number of hydrogen-bond donors (Lipinski definition) is 1. The third kappa shape index (κ3) is 4.33. The molecule has 1 aliphatic rings. The molecule has 1 heterocycles. The number of phenolic OH excluding ortho intramolecular Hbond substituents is 1. The predicted molar refractivity (Wildman–Crippen MR) is 90.0 cm³/mol. The van der Waals surface area contributed by atoms with E-state index in [1.165, 1.54) is 11.1 Å². The molecule has 0 atom stereocenters. The first kappa shape index (κ1) is 15.1. The van der Waals surface area contributed by atoms with Gasteiger partial charge in [0.1, 0.15) is 5.75 Å². The molecule has 0 unspecified atom stereocenters. The van der Waals surface area contributed by atoms with E-state index in [-0.39, 0.29) is 0 Å². The van der Waals surface area contributed by atoms with E-state index in [0.717, 1.165) is 45.7 Å². The number of benzene rings is 2. The van der Waals surface area contributed by atoms with Gasteiger partial charge in [-0.15, -0.1) is 0 Å². The molecule has 2 aromatic rings. The monoisotopic (exact) mass is 296 g/mol. The Morgan fingerprint density at radius 1 is 0.727 bits per heavy atom. The Bertz CT molecular complexity index is 560. The van der Waals surface area contributed by atoms with Crippen LogP contribution in [0.15, 0.2) is 54.6 Å². The lowest BCUT2D eigenvalue weighted by atomic mass is 10.1. The van der Waals surface area contributed by atoms with Gasteiger partial charge in [0.2, 0.25) is 0 Å². The number of piperazine rings is 1. The number of rotatable bonds is 5. The normalized spacial score (nSPS) is 16.7. The SMILES string of the molecule is Oc1ccc(CCN2CCN(Cc3ccccc3)CC2)cc1.